The van der Waals surface area contributed by atoms with E-state index in [1.54, 1.807) is 0 Å². The van der Waals surface area contributed by atoms with E-state index >= 15 is 0 Å². The quantitative estimate of drug-likeness (QED) is 0.358. The zero-order valence-electron chi connectivity index (χ0n) is 13.3. The normalized spacial score (nSPS) is 16.4. The molecule has 0 aliphatic carbocycles. The predicted octanol–water partition coefficient (Wildman–Crippen LogP) is -0.276. The van der Waals surface area contributed by atoms with Crippen LogP contribution in [0.1, 0.15) is 26.2 Å². The third-order valence-corrected chi connectivity index (χ3v) is 2.41. The topological polar surface area (TPSA) is 82.6 Å². The Kier molecular flexibility index (Phi) is 29.9. The molecular weight excluding hydrogens is 312 g/mol. The molecule has 118 valence electrons. The fourth-order valence-electron chi connectivity index (χ4n) is 1.39. The first-order valence-electron chi connectivity index (χ1n) is 6.89. The predicted molar refractivity (Wildman–Crippen MR) is 78.3 cm³/mol. The zero-order valence-corrected chi connectivity index (χ0v) is 16.3. The van der Waals surface area contributed by atoms with Crippen LogP contribution in [-0.2, 0) is 29.0 Å². The Bertz CT molecular complexity index is 143. The molecule has 1 aliphatic heterocycles. The molecule has 1 heterocycles. The van der Waals surface area contributed by atoms with Crippen molar-refractivity contribution in [1.82, 2.24) is 16.0 Å². The van der Waals surface area contributed by atoms with Crippen molar-refractivity contribution in [3.8, 4) is 0 Å². The largest absolute Gasteiger partial charge is 0.469 e. The number of esters is 1. The van der Waals surface area contributed by atoms with Crippen LogP contribution in [0.3, 0.4) is 0 Å². The second-order valence-corrected chi connectivity index (χ2v) is 4.01. The summed E-state index contributed by atoms with van der Waals surface area (Å²) in [7, 11) is 2.35. The van der Waals surface area contributed by atoms with Gasteiger partial charge in [-0.2, -0.15) is 0 Å². The standard InChI is InChI=1S/C9H21N3.C3H6O2.CH4O.Zn/c1-4-10-6-2-8-12-9-3-7-11-5-1;1-3(4)5-2;1-2;/h10-12H,1-9H2;1-2H3;2H,1H3;. The van der Waals surface area contributed by atoms with E-state index < -0.39 is 0 Å². The number of methoxy groups -OCH3 is 1. The Morgan fingerprint density at radius 2 is 1.05 bits per heavy atom. The van der Waals surface area contributed by atoms with Crippen molar-refractivity contribution in [1.29, 1.82) is 0 Å². The molecule has 0 aromatic rings. The summed E-state index contributed by atoms with van der Waals surface area (Å²) in [6.07, 6.45) is 3.77. The second-order valence-electron chi connectivity index (χ2n) is 4.01. The number of hydrogen-bond donors (Lipinski definition) is 4. The molecule has 1 saturated heterocycles. The van der Waals surface area contributed by atoms with Crippen molar-refractivity contribution in [2.24, 2.45) is 0 Å². The van der Waals surface area contributed by atoms with E-state index in [0.717, 1.165) is 46.4 Å². The molecule has 4 N–H and O–H groups in total. The number of ether oxygens (including phenoxy) is 1. The van der Waals surface area contributed by atoms with E-state index in [9.17, 15) is 4.79 Å². The van der Waals surface area contributed by atoms with E-state index in [0.29, 0.717) is 0 Å². The van der Waals surface area contributed by atoms with Crippen LogP contribution in [0.5, 0.6) is 0 Å². The molecular formula is C13H31N3O3Zn. The number of aliphatic hydroxyl groups excluding tert-OH is 1. The molecule has 0 radical (unpaired) electrons. The van der Waals surface area contributed by atoms with Gasteiger partial charge in [0.05, 0.1) is 7.11 Å². The summed E-state index contributed by atoms with van der Waals surface area (Å²) in [5.41, 5.74) is 0. The van der Waals surface area contributed by atoms with Gasteiger partial charge in [0.15, 0.2) is 0 Å². The number of nitrogens with one attached hydrogen (secondary N) is 3. The smallest absolute Gasteiger partial charge is 0.302 e. The Morgan fingerprint density at radius 1 is 0.850 bits per heavy atom. The van der Waals surface area contributed by atoms with Crippen molar-refractivity contribution < 1.29 is 34.1 Å². The van der Waals surface area contributed by atoms with Gasteiger partial charge in [0.1, 0.15) is 0 Å². The van der Waals surface area contributed by atoms with Gasteiger partial charge in [0.25, 0.3) is 0 Å². The van der Waals surface area contributed by atoms with E-state index in [1.165, 1.54) is 33.3 Å². The Labute approximate surface area is 136 Å². The van der Waals surface area contributed by atoms with Gasteiger partial charge in [-0.3, -0.25) is 4.79 Å². The molecule has 1 aliphatic rings. The molecule has 0 aromatic heterocycles. The first kappa shape index (κ1) is 24.9. The Hall–Kier alpha value is -0.0666. The SMILES string of the molecule is C1CNCCCNCCCNC1.CO.COC(C)=O.[Zn]. The summed E-state index contributed by atoms with van der Waals surface area (Å²) >= 11 is 0. The summed E-state index contributed by atoms with van der Waals surface area (Å²) in [6.45, 7) is 8.32. The molecule has 0 atom stereocenters. The van der Waals surface area contributed by atoms with E-state index in [-0.39, 0.29) is 25.4 Å². The molecule has 0 saturated carbocycles. The van der Waals surface area contributed by atoms with Crippen LogP contribution in [0.15, 0.2) is 0 Å². The monoisotopic (exact) mass is 341 g/mol. The number of carbonyl (C=O) groups is 1. The van der Waals surface area contributed by atoms with Crippen molar-refractivity contribution in [3.05, 3.63) is 0 Å². The minimum absolute atomic E-state index is 0. The van der Waals surface area contributed by atoms with E-state index in [4.69, 9.17) is 5.11 Å². The molecule has 6 nitrogen and oxygen atoms in total. The average Bonchev–Trinajstić information content (AvgIpc) is 2.42. The number of rotatable bonds is 0. The van der Waals surface area contributed by atoms with Gasteiger partial charge in [-0.05, 0) is 58.5 Å². The minimum atomic E-state index is -0.245. The summed E-state index contributed by atoms with van der Waals surface area (Å²) in [5.74, 6) is -0.245. The van der Waals surface area contributed by atoms with Gasteiger partial charge in [-0.15, -0.1) is 0 Å². The van der Waals surface area contributed by atoms with Crippen LogP contribution < -0.4 is 16.0 Å². The summed E-state index contributed by atoms with van der Waals surface area (Å²) in [5, 5.41) is 17.3. The van der Waals surface area contributed by atoms with E-state index in [1.807, 2.05) is 0 Å². The number of carbonyl (C=O) groups excluding carboxylic acids is 1. The van der Waals surface area contributed by atoms with Gasteiger partial charge in [-0.1, -0.05) is 0 Å². The third-order valence-electron chi connectivity index (χ3n) is 2.41. The summed E-state index contributed by atoms with van der Waals surface area (Å²) in [4.78, 5) is 9.59. The second kappa shape index (κ2) is 24.0. The molecule has 0 spiro atoms. The third kappa shape index (κ3) is 26.5. The Morgan fingerprint density at radius 3 is 1.20 bits per heavy atom. The molecule has 20 heavy (non-hydrogen) atoms. The number of hydrogen-bond acceptors (Lipinski definition) is 6. The fourth-order valence-corrected chi connectivity index (χ4v) is 1.39. The van der Waals surface area contributed by atoms with Crippen LogP contribution >= 0.6 is 0 Å². The summed E-state index contributed by atoms with van der Waals surface area (Å²) in [6, 6.07) is 0. The molecule has 0 aromatic carbocycles. The van der Waals surface area contributed by atoms with E-state index in [2.05, 4.69) is 20.7 Å². The minimum Gasteiger partial charge on any atom is -0.469 e. The van der Waals surface area contributed by atoms with Crippen LogP contribution in [0.4, 0.5) is 0 Å². The maximum Gasteiger partial charge on any atom is 0.302 e. The van der Waals surface area contributed by atoms with Crippen molar-refractivity contribution in [2.45, 2.75) is 26.2 Å². The zero-order chi connectivity index (χ0) is 14.8. The average molecular weight is 343 g/mol. The molecule has 1 fully saturated rings. The van der Waals surface area contributed by atoms with Crippen molar-refractivity contribution >= 4 is 5.97 Å². The molecule has 1 rings (SSSR count). The fraction of sp³-hybridized carbons (Fsp3) is 0.923. The van der Waals surface area contributed by atoms with Gasteiger partial charge >= 0.3 is 5.97 Å². The van der Waals surface area contributed by atoms with Crippen molar-refractivity contribution in [2.75, 3.05) is 53.5 Å². The molecule has 0 unspecified atom stereocenters. The van der Waals surface area contributed by atoms with Gasteiger partial charge in [0, 0.05) is 33.5 Å². The first-order valence-corrected chi connectivity index (χ1v) is 6.89. The van der Waals surface area contributed by atoms with Crippen LogP contribution in [-0.4, -0.2) is 64.6 Å². The molecule has 0 amide bonds. The maximum absolute atomic E-state index is 9.59. The molecule has 7 heteroatoms. The molecule has 0 bridgehead atoms. The van der Waals surface area contributed by atoms with Crippen LogP contribution in [0.25, 0.3) is 0 Å². The van der Waals surface area contributed by atoms with Gasteiger partial charge < -0.3 is 25.8 Å². The number of aliphatic hydroxyl groups is 1. The van der Waals surface area contributed by atoms with Gasteiger partial charge in [-0.25, -0.2) is 0 Å². The first-order chi connectivity index (χ1) is 9.27. The maximum atomic E-state index is 9.59. The Balaban J connectivity index is -0.000000310. The van der Waals surface area contributed by atoms with Crippen LogP contribution in [0, 0.1) is 0 Å². The van der Waals surface area contributed by atoms with Gasteiger partial charge in [0.2, 0.25) is 0 Å². The van der Waals surface area contributed by atoms with Crippen LogP contribution in [0.2, 0.25) is 0 Å². The van der Waals surface area contributed by atoms with Crippen molar-refractivity contribution in [3.63, 3.8) is 0 Å². The summed E-state index contributed by atoms with van der Waals surface area (Å²) < 4.78 is 4.11.